The lowest BCUT2D eigenvalue weighted by molar-refractivity contribution is -0.143. The molecule has 0 aromatic carbocycles. The smallest absolute Gasteiger partial charge is 0.329 e. The molecule has 92 valence electrons. The highest BCUT2D eigenvalue weighted by atomic mass is 16.5. The largest absolute Gasteiger partial charge is 0.480 e. The van der Waals surface area contributed by atoms with Gasteiger partial charge in [0.15, 0.2) is 0 Å². The van der Waals surface area contributed by atoms with Gasteiger partial charge in [-0.1, -0.05) is 0 Å². The van der Waals surface area contributed by atoms with Crippen LogP contribution in [0.5, 0.6) is 0 Å². The Bertz CT molecular complexity index is 263. The molecule has 0 saturated heterocycles. The average Bonchev–Trinajstić information content (AvgIpc) is 2.18. The number of aliphatic carboxylic acids is 1. The van der Waals surface area contributed by atoms with Gasteiger partial charge in [0.05, 0.1) is 0 Å². The summed E-state index contributed by atoms with van der Waals surface area (Å²) in [5.41, 5.74) is 0. The maximum absolute atomic E-state index is 11.3. The zero-order valence-electron chi connectivity index (χ0n) is 9.36. The molecule has 7 heteroatoms. The number of ether oxygens (including phenoxy) is 1. The number of nitrogens with zero attached hydrogens (tertiary/aromatic N) is 1. The predicted octanol–water partition coefficient (Wildman–Crippen LogP) is -0.334. The molecule has 0 radical (unpaired) electrons. The Balaban J connectivity index is 3.86. The molecule has 3 amide bonds. The second-order valence-corrected chi connectivity index (χ2v) is 2.91. The van der Waals surface area contributed by atoms with E-state index in [4.69, 9.17) is 5.11 Å². The van der Waals surface area contributed by atoms with Gasteiger partial charge >= 0.3 is 12.0 Å². The van der Waals surface area contributed by atoms with E-state index in [0.29, 0.717) is 13.1 Å². The molecule has 0 saturated carbocycles. The summed E-state index contributed by atoms with van der Waals surface area (Å²) in [6, 6.07) is -0.506. The van der Waals surface area contributed by atoms with Gasteiger partial charge in [-0.3, -0.25) is 10.1 Å². The first-order chi connectivity index (χ1) is 7.51. The molecule has 0 unspecified atom stereocenters. The third kappa shape index (κ3) is 5.97. The van der Waals surface area contributed by atoms with Gasteiger partial charge < -0.3 is 14.7 Å². The quantitative estimate of drug-likeness (QED) is 0.653. The van der Waals surface area contributed by atoms with Crippen LogP contribution in [0.25, 0.3) is 0 Å². The van der Waals surface area contributed by atoms with Crippen LogP contribution in [0.2, 0.25) is 0 Å². The van der Waals surface area contributed by atoms with Crippen LogP contribution in [-0.2, 0) is 14.3 Å². The van der Waals surface area contributed by atoms with Crippen molar-refractivity contribution in [2.75, 3.05) is 26.3 Å². The van der Waals surface area contributed by atoms with E-state index in [1.807, 2.05) is 0 Å². The van der Waals surface area contributed by atoms with Crippen molar-refractivity contribution < 1.29 is 24.2 Å². The maximum Gasteiger partial charge on any atom is 0.329 e. The maximum atomic E-state index is 11.3. The van der Waals surface area contributed by atoms with Gasteiger partial charge in [-0.2, -0.15) is 0 Å². The van der Waals surface area contributed by atoms with Crippen molar-refractivity contribution in [2.45, 2.75) is 13.8 Å². The highest BCUT2D eigenvalue weighted by Gasteiger charge is 2.13. The fourth-order valence-electron chi connectivity index (χ4n) is 0.976. The van der Waals surface area contributed by atoms with Crippen molar-refractivity contribution in [1.29, 1.82) is 0 Å². The number of urea groups is 1. The molecule has 16 heavy (non-hydrogen) atoms. The summed E-state index contributed by atoms with van der Waals surface area (Å²) in [5, 5.41) is 10.3. The number of nitrogens with one attached hydrogen (secondary N) is 1. The number of carboxylic acid groups (broad SMARTS) is 1. The van der Waals surface area contributed by atoms with Crippen LogP contribution < -0.4 is 5.32 Å². The number of hydrogen-bond donors (Lipinski definition) is 2. The first-order valence-electron chi connectivity index (χ1n) is 4.89. The van der Waals surface area contributed by atoms with Gasteiger partial charge in [-0.15, -0.1) is 0 Å². The van der Waals surface area contributed by atoms with E-state index < -0.39 is 31.1 Å². The topological polar surface area (TPSA) is 95.9 Å². The minimum atomic E-state index is -1.16. The first-order valence-corrected chi connectivity index (χ1v) is 4.89. The summed E-state index contributed by atoms with van der Waals surface area (Å²) in [5.74, 6) is -1.82. The lowest BCUT2D eigenvalue weighted by atomic mass is 10.5. The molecule has 0 spiro atoms. The molecule has 0 rings (SSSR count). The summed E-state index contributed by atoms with van der Waals surface area (Å²) in [7, 11) is 0. The lowest BCUT2D eigenvalue weighted by Gasteiger charge is -2.18. The van der Waals surface area contributed by atoms with Crippen molar-refractivity contribution in [3.05, 3.63) is 0 Å². The van der Waals surface area contributed by atoms with E-state index in [-0.39, 0.29) is 0 Å². The zero-order chi connectivity index (χ0) is 12.6. The number of carbonyl (C=O) groups excluding carboxylic acids is 2. The number of carboxylic acids is 1. The number of imide groups is 1. The highest BCUT2D eigenvalue weighted by molar-refractivity contribution is 5.94. The highest BCUT2D eigenvalue weighted by Crippen LogP contribution is 1.88. The Hall–Kier alpha value is -1.63. The Morgan fingerprint density at radius 1 is 1.19 bits per heavy atom. The Morgan fingerprint density at radius 3 is 2.19 bits per heavy atom. The third-order valence-corrected chi connectivity index (χ3v) is 1.76. The lowest BCUT2D eigenvalue weighted by Crippen LogP contribution is -2.44. The fourth-order valence-corrected chi connectivity index (χ4v) is 0.976. The molecule has 0 bridgehead atoms. The molecule has 0 aliphatic heterocycles. The Kier molecular flexibility index (Phi) is 6.86. The predicted molar refractivity (Wildman–Crippen MR) is 54.9 cm³/mol. The monoisotopic (exact) mass is 232 g/mol. The number of carbonyl (C=O) groups is 3. The molecular weight excluding hydrogens is 216 g/mol. The average molecular weight is 232 g/mol. The van der Waals surface area contributed by atoms with Crippen LogP contribution in [0.15, 0.2) is 0 Å². The standard InChI is InChI=1S/C9H16N2O5/c1-3-11(4-2)9(15)10-7(12)5-16-6-8(13)14/h3-6H2,1-2H3,(H,13,14)(H,10,12,15). The van der Waals surface area contributed by atoms with Crippen LogP contribution in [0, 0.1) is 0 Å². The molecule has 0 aromatic rings. The van der Waals surface area contributed by atoms with Crippen LogP contribution in [0.3, 0.4) is 0 Å². The second kappa shape index (κ2) is 7.63. The van der Waals surface area contributed by atoms with E-state index in [1.54, 1.807) is 13.8 Å². The van der Waals surface area contributed by atoms with Crippen molar-refractivity contribution >= 4 is 17.9 Å². The summed E-state index contributed by atoms with van der Waals surface area (Å²) < 4.78 is 4.52. The molecule has 2 N–H and O–H groups in total. The van der Waals surface area contributed by atoms with E-state index in [0.717, 1.165) is 0 Å². The molecule has 0 aromatic heterocycles. The van der Waals surface area contributed by atoms with Crippen molar-refractivity contribution in [1.82, 2.24) is 10.2 Å². The molecule has 0 heterocycles. The first kappa shape index (κ1) is 14.4. The zero-order valence-corrected chi connectivity index (χ0v) is 9.36. The van der Waals surface area contributed by atoms with E-state index in [9.17, 15) is 14.4 Å². The van der Waals surface area contributed by atoms with Gasteiger partial charge in [0.1, 0.15) is 13.2 Å². The second-order valence-electron chi connectivity index (χ2n) is 2.91. The number of rotatable bonds is 6. The van der Waals surface area contributed by atoms with Crippen LogP contribution in [-0.4, -0.2) is 54.2 Å². The molecule has 0 fully saturated rings. The van der Waals surface area contributed by atoms with Gasteiger partial charge in [0.25, 0.3) is 5.91 Å². The van der Waals surface area contributed by atoms with Crippen molar-refractivity contribution in [3.63, 3.8) is 0 Å². The van der Waals surface area contributed by atoms with Gasteiger partial charge in [0.2, 0.25) is 0 Å². The van der Waals surface area contributed by atoms with Crippen molar-refractivity contribution in [2.24, 2.45) is 0 Å². The van der Waals surface area contributed by atoms with Crippen LogP contribution in [0.1, 0.15) is 13.8 Å². The SMILES string of the molecule is CCN(CC)C(=O)NC(=O)COCC(=O)O. The summed E-state index contributed by atoms with van der Waals surface area (Å²) >= 11 is 0. The van der Waals surface area contributed by atoms with Gasteiger partial charge in [-0.25, -0.2) is 9.59 Å². The van der Waals surface area contributed by atoms with Gasteiger partial charge in [-0.05, 0) is 13.8 Å². The minimum absolute atomic E-state index is 0.445. The van der Waals surface area contributed by atoms with Crippen LogP contribution in [0.4, 0.5) is 4.79 Å². The van der Waals surface area contributed by atoms with E-state index >= 15 is 0 Å². The Labute approximate surface area is 93.4 Å². The van der Waals surface area contributed by atoms with E-state index in [2.05, 4.69) is 10.1 Å². The molecule has 0 atom stereocenters. The third-order valence-electron chi connectivity index (χ3n) is 1.76. The molecule has 7 nitrogen and oxygen atoms in total. The summed E-state index contributed by atoms with van der Waals surface area (Å²) in [6.07, 6.45) is 0. The fraction of sp³-hybridized carbons (Fsp3) is 0.667. The summed E-state index contributed by atoms with van der Waals surface area (Å²) in [4.78, 5) is 33.9. The van der Waals surface area contributed by atoms with Crippen LogP contribution >= 0.6 is 0 Å². The van der Waals surface area contributed by atoms with Crippen molar-refractivity contribution in [3.8, 4) is 0 Å². The number of hydrogen-bond acceptors (Lipinski definition) is 4. The Morgan fingerprint density at radius 2 is 1.75 bits per heavy atom. The van der Waals surface area contributed by atoms with E-state index in [1.165, 1.54) is 4.90 Å². The molecule has 0 aliphatic carbocycles. The summed E-state index contributed by atoms with van der Waals surface area (Å²) in [6.45, 7) is 3.55. The normalized spacial score (nSPS) is 9.62. The molecular formula is C9H16N2O5. The minimum Gasteiger partial charge on any atom is -0.480 e. The van der Waals surface area contributed by atoms with Gasteiger partial charge in [0, 0.05) is 13.1 Å². The molecule has 0 aliphatic rings. The number of amides is 3.